The lowest BCUT2D eigenvalue weighted by Gasteiger charge is -2.22. The summed E-state index contributed by atoms with van der Waals surface area (Å²) in [6, 6.07) is 17.0. The quantitative estimate of drug-likeness (QED) is 0.629. The molecule has 1 heterocycles. The maximum absolute atomic E-state index is 12.8. The van der Waals surface area contributed by atoms with Crippen molar-refractivity contribution in [2.75, 3.05) is 0 Å². The third-order valence-electron chi connectivity index (χ3n) is 4.57. The van der Waals surface area contributed by atoms with Crippen LogP contribution in [0.3, 0.4) is 0 Å². The number of nitrogens with one attached hydrogen (secondary N) is 1. The summed E-state index contributed by atoms with van der Waals surface area (Å²) in [5.74, 6) is 0.568. The van der Waals surface area contributed by atoms with Crippen LogP contribution in [0.1, 0.15) is 29.4 Å². The number of carbonyl (C=O) groups excluding carboxylic acids is 1. The lowest BCUT2D eigenvalue weighted by Crippen LogP contribution is -2.42. The SMILES string of the molecule is CCc1ccc(CN(Cc2ccco2)C(=O)NS(=O)(=O)c2ccc(C)cc2)cc1. The highest BCUT2D eigenvalue weighted by molar-refractivity contribution is 7.90. The van der Waals surface area contributed by atoms with Crippen LogP contribution in [0.4, 0.5) is 4.79 Å². The highest BCUT2D eigenvalue weighted by Gasteiger charge is 2.23. The summed E-state index contributed by atoms with van der Waals surface area (Å²) in [5.41, 5.74) is 3.03. The molecule has 0 aliphatic rings. The van der Waals surface area contributed by atoms with Crippen LogP contribution < -0.4 is 4.72 Å². The van der Waals surface area contributed by atoms with Gasteiger partial charge in [-0.05, 0) is 48.7 Å². The first-order valence-corrected chi connectivity index (χ1v) is 10.8. The summed E-state index contributed by atoms with van der Waals surface area (Å²) in [7, 11) is -3.97. The van der Waals surface area contributed by atoms with Crippen LogP contribution in [0.15, 0.2) is 76.2 Å². The van der Waals surface area contributed by atoms with Crippen LogP contribution in [0.25, 0.3) is 0 Å². The number of hydrogen-bond acceptors (Lipinski definition) is 4. The molecule has 29 heavy (non-hydrogen) atoms. The van der Waals surface area contributed by atoms with Crippen LogP contribution in [0.5, 0.6) is 0 Å². The van der Waals surface area contributed by atoms with Crippen molar-refractivity contribution in [2.24, 2.45) is 0 Å². The van der Waals surface area contributed by atoms with Crippen molar-refractivity contribution in [3.05, 3.63) is 89.4 Å². The molecule has 0 fully saturated rings. The van der Waals surface area contributed by atoms with E-state index in [0.717, 1.165) is 17.5 Å². The number of urea groups is 1. The first-order valence-electron chi connectivity index (χ1n) is 9.36. The Morgan fingerprint density at radius 2 is 1.62 bits per heavy atom. The molecule has 0 unspecified atom stereocenters. The molecule has 0 saturated heterocycles. The number of carbonyl (C=O) groups is 1. The van der Waals surface area contributed by atoms with E-state index in [4.69, 9.17) is 4.42 Å². The summed E-state index contributed by atoms with van der Waals surface area (Å²) in [6.07, 6.45) is 2.44. The van der Waals surface area contributed by atoms with E-state index in [-0.39, 0.29) is 18.0 Å². The molecule has 0 atom stereocenters. The van der Waals surface area contributed by atoms with Gasteiger partial charge >= 0.3 is 6.03 Å². The number of aryl methyl sites for hydroxylation is 2. The van der Waals surface area contributed by atoms with Crippen LogP contribution in [-0.2, 0) is 29.5 Å². The summed E-state index contributed by atoms with van der Waals surface area (Å²) in [5, 5.41) is 0. The molecule has 2 amide bonds. The Bertz CT molecular complexity index is 1040. The Morgan fingerprint density at radius 1 is 0.966 bits per heavy atom. The van der Waals surface area contributed by atoms with Gasteiger partial charge in [0.1, 0.15) is 5.76 Å². The Balaban J connectivity index is 1.80. The van der Waals surface area contributed by atoms with Crippen LogP contribution in [0, 0.1) is 6.92 Å². The highest BCUT2D eigenvalue weighted by Crippen LogP contribution is 2.15. The maximum atomic E-state index is 12.8. The van der Waals surface area contributed by atoms with Gasteiger partial charge in [0, 0.05) is 6.54 Å². The van der Waals surface area contributed by atoms with Crippen LogP contribution in [0.2, 0.25) is 0 Å². The van der Waals surface area contributed by atoms with Gasteiger partial charge in [-0.3, -0.25) is 0 Å². The van der Waals surface area contributed by atoms with Crippen molar-refractivity contribution in [3.63, 3.8) is 0 Å². The van der Waals surface area contributed by atoms with E-state index >= 15 is 0 Å². The van der Waals surface area contributed by atoms with Crippen molar-refractivity contribution in [2.45, 2.75) is 38.3 Å². The van der Waals surface area contributed by atoms with Crippen LogP contribution in [-0.4, -0.2) is 19.3 Å². The zero-order valence-electron chi connectivity index (χ0n) is 16.5. The third-order valence-corrected chi connectivity index (χ3v) is 5.91. The summed E-state index contributed by atoms with van der Waals surface area (Å²) >= 11 is 0. The number of hydrogen-bond donors (Lipinski definition) is 1. The molecule has 1 N–H and O–H groups in total. The van der Waals surface area contributed by atoms with Crippen molar-refractivity contribution >= 4 is 16.1 Å². The van der Waals surface area contributed by atoms with Crippen molar-refractivity contribution < 1.29 is 17.6 Å². The summed E-state index contributed by atoms with van der Waals surface area (Å²) < 4.78 is 32.7. The molecule has 7 heteroatoms. The average molecular weight is 413 g/mol. The van der Waals surface area contributed by atoms with Gasteiger partial charge < -0.3 is 9.32 Å². The van der Waals surface area contributed by atoms with Gasteiger partial charge in [0.05, 0.1) is 17.7 Å². The van der Waals surface area contributed by atoms with E-state index in [0.29, 0.717) is 5.76 Å². The molecule has 0 aliphatic carbocycles. The molecule has 0 spiro atoms. The van der Waals surface area contributed by atoms with E-state index in [9.17, 15) is 13.2 Å². The van der Waals surface area contributed by atoms with Gasteiger partial charge in [0.15, 0.2) is 0 Å². The average Bonchev–Trinajstić information content (AvgIpc) is 3.21. The van der Waals surface area contributed by atoms with E-state index in [2.05, 4.69) is 11.6 Å². The van der Waals surface area contributed by atoms with Crippen LogP contribution >= 0.6 is 0 Å². The zero-order valence-corrected chi connectivity index (χ0v) is 17.3. The largest absolute Gasteiger partial charge is 0.467 e. The molecule has 3 rings (SSSR count). The molecular formula is C22H24N2O4S. The zero-order chi connectivity index (χ0) is 20.9. The van der Waals surface area contributed by atoms with Gasteiger partial charge in [-0.1, -0.05) is 48.9 Å². The number of furan rings is 1. The van der Waals surface area contributed by atoms with Gasteiger partial charge in [0.25, 0.3) is 10.0 Å². The van der Waals surface area contributed by atoms with Gasteiger partial charge in [-0.2, -0.15) is 0 Å². The molecule has 2 aromatic carbocycles. The Hall–Kier alpha value is -3.06. The fourth-order valence-electron chi connectivity index (χ4n) is 2.85. The summed E-state index contributed by atoms with van der Waals surface area (Å²) in [4.78, 5) is 14.3. The fraction of sp³-hybridized carbons (Fsp3) is 0.227. The number of amides is 2. The molecule has 0 bridgehead atoms. The Morgan fingerprint density at radius 3 is 2.21 bits per heavy atom. The smallest absolute Gasteiger partial charge is 0.332 e. The van der Waals surface area contributed by atoms with Crippen molar-refractivity contribution in [1.82, 2.24) is 9.62 Å². The fourth-order valence-corrected chi connectivity index (χ4v) is 3.82. The first-order chi connectivity index (χ1) is 13.9. The van der Waals surface area contributed by atoms with Gasteiger partial charge in [-0.15, -0.1) is 0 Å². The number of benzene rings is 2. The number of nitrogens with zero attached hydrogens (tertiary/aromatic N) is 1. The minimum Gasteiger partial charge on any atom is -0.467 e. The second-order valence-corrected chi connectivity index (χ2v) is 8.51. The molecule has 1 aromatic heterocycles. The van der Waals surface area contributed by atoms with E-state index in [1.54, 1.807) is 24.3 Å². The molecule has 0 radical (unpaired) electrons. The minimum atomic E-state index is -3.97. The lowest BCUT2D eigenvalue weighted by atomic mass is 10.1. The van der Waals surface area contributed by atoms with Gasteiger partial charge in [-0.25, -0.2) is 17.9 Å². The minimum absolute atomic E-state index is 0.0432. The van der Waals surface area contributed by atoms with E-state index in [1.807, 2.05) is 31.2 Å². The molecule has 152 valence electrons. The predicted octanol–water partition coefficient (Wildman–Crippen LogP) is 4.25. The molecule has 0 saturated carbocycles. The van der Waals surface area contributed by atoms with Gasteiger partial charge in [0.2, 0.25) is 0 Å². The van der Waals surface area contributed by atoms with E-state index < -0.39 is 16.1 Å². The molecule has 3 aromatic rings. The number of sulfonamides is 1. The monoisotopic (exact) mass is 412 g/mol. The second kappa shape index (κ2) is 8.96. The lowest BCUT2D eigenvalue weighted by molar-refractivity contribution is 0.193. The third kappa shape index (κ3) is 5.48. The summed E-state index contributed by atoms with van der Waals surface area (Å²) in [6.45, 7) is 4.34. The second-order valence-electron chi connectivity index (χ2n) is 6.83. The molecule has 6 nitrogen and oxygen atoms in total. The van der Waals surface area contributed by atoms with Crippen molar-refractivity contribution in [3.8, 4) is 0 Å². The predicted molar refractivity (Wildman–Crippen MR) is 111 cm³/mol. The molecule has 0 aliphatic heterocycles. The Kier molecular flexibility index (Phi) is 6.39. The van der Waals surface area contributed by atoms with E-state index in [1.165, 1.54) is 28.9 Å². The maximum Gasteiger partial charge on any atom is 0.332 e. The normalized spacial score (nSPS) is 11.2. The van der Waals surface area contributed by atoms with Crippen molar-refractivity contribution in [1.29, 1.82) is 0 Å². The number of rotatable bonds is 7. The first kappa shape index (κ1) is 20.7. The highest BCUT2D eigenvalue weighted by atomic mass is 32.2. The Labute approximate surface area is 171 Å². The molecular weight excluding hydrogens is 388 g/mol. The standard InChI is InChI=1S/C22H24N2O4S/c1-3-18-8-10-19(11-9-18)15-24(16-20-5-4-14-28-20)22(25)23-29(26,27)21-12-6-17(2)7-13-21/h4-14H,3,15-16H2,1-2H3,(H,23,25). The topological polar surface area (TPSA) is 79.6 Å².